The van der Waals surface area contributed by atoms with Crippen LogP contribution in [-0.2, 0) is 22.6 Å². The van der Waals surface area contributed by atoms with Gasteiger partial charge in [0.15, 0.2) is 0 Å². The Labute approximate surface area is 163 Å². The highest BCUT2D eigenvalue weighted by Crippen LogP contribution is 2.18. The molecule has 1 aromatic carbocycles. The van der Waals surface area contributed by atoms with Gasteiger partial charge in [0.2, 0.25) is 5.91 Å². The summed E-state index contributed by atoms with van der Waals surface area (Å²) in [7, 11) is 1.64. The maximum Gasteiger partial charge on any atom is 0.244 e. The van der Waals surface area contributed by atoms with Crippen molar-refractivity contribution < 1.29 is 14.3 Å². The first-order valence-electron chi connectivity index (χ1n) is 8.98. The fourth-order valence-corrected chi connectivity index (χ4v) is 3.56. The average Bonchev–Trinajstić information content (AvgIpc) is 3.14. The van der Waals surface area contributed by atoms with Gasteiger partial charge in [0.1, 0.15) is 10.8 Å². The minimum Gasteiger partial charge on any atom is -0.497 e. The number of nitrogens with one attached hydrogen (secondary N) is 1. The Morgan fingerprint density at radius 1 is 1.33 bits per heavy atom. The van der Waals surface area contributed by atoms with Gasteiger partial charge in [0.25, 0.3) is 0 Å². The molecule has 0 bridgehead atoms. The van der Waals surface area contributed by atoms with E-state index in [0.717, 1.165) is 60.4 Å². The fraction of sp³-hybridized carbons (Fsp3) is 0.400. The number of aromatic nitrogens is 1. The monoisotopic (exact) mass is 387 g/mol. The highest BCUT2D eigenvalue weighted by Gasteiger charge is 2.12. The highest BCUT2D eigenvalue weighted by atomic mass is 32.1. The summed E-state index contributed by atoms with van der Waals surface area (Å²) in [4.78, 5) is 19.1. The van der Waals surface area contributed by atoms with Crippen molar-refractivity contribution in [2.45, 2.75) is 20.0 Å². The first-order valence-corrected chi connectivity index (χ1v) is 9.86. The van der Waals surface area contributed by atoms with E-state index < -0.39 is 0 Å². The predicted octanol–water partition coefficient (Wildman–Crippen LogP) is 2.70. The lowest BCUT2D eigenvalue weighted by Crippen LogP contribution is -2.35. The summed E-state index contributed by atoms with van der Waals surface area (Å²) in [6.07, 6.45) is 1.62. The van der Waals surface area contributed by atoms with Gasteiger partial charge >= 0.3 is 0 Å². The Bertz CT molecular complexity index is 780. The first kappa shape index (κ1) is 19.5. The first-order chi connectivity index (χ1) is 13.1. The molecule has 3 rings (SSSR count). The van der Waals surface area contributed by atoms with Crippen LogP contribution in [0.4, 0.5) is 0 Å². The summed E-state index contributed by atoms with van der Waals surface area (Å²) in [5.41, 5.74) is 2.95. The van der Waals surface area contributed by atoms with Crippen molar-refractivity contribution in [2.75, 3.05) is 33.4 Å². The van der Waals surface area contributed by atoms with Crippen LogP contribution in [0.1, 0.15) is 23.2 Å². The number of nitrogens with zero attached hydrogens (tertiary/aromatic N) is 2. The number of allylic oxidation sites excluding steroid dienone is 1. The number of amides is 1. The van der Waals surface area contributed by atoms with Crippen LogP contribution < -0.4 is 10.1 Å². The third kappa shape index (κ3) is 5.89. The molecule has 0 unspecified atom stereocenters. The SMILES string of the molecule is COc1ccc(/C(C)=C/C(=O)NCc2nc(CN3CCOCC3)cs2)cc1. The Kier molecular flexibility index (Phi) is 6.98. The number of carbonyl (C=O) groups is 1. The Balaban J connectivity index is 1.49. The third-order valence-corrected chi connectivity index (χ3v) is 5.29. The molecule has 7 heteroatoms. The van der Waals surface area contributed by atoms with Crippen LogP contribution in [0.25, 0.3) is 5.57 Å². The lowest BCUT2D eigenvalue weighted by molar-refractivity contribution is -0.116. The molecular formula is C20H25N3O3S. The van der Waals surface area contributed by atoms with Gasteiger partial charge in [-0.15, -0.1) is 11.3 Å². The third-order valence-electron chi connectivity index (χ3n) is 4.40. The quantitative estimate of drug-likeness (QED) is 0.740. The van der Waals surface area contributed by atoms with Crippen LogP contribution in [-0.4, -0.2) is 49.2 Å². The molecule has 1 N–H and O–H groups in total. The molecule has 1 aliphatic rings. The van der Waals surface area contributed by atoms with Gasteiger partial charge in [-0.3, -0.25) is 9.69 Å². The number of ether oxygens (including phenoxy) is 2. The minimum atomic E-state index is -0.117. The predicted molar refractivity (Wildman–Crippen MR) is 107 cm³/mol. The molecule has 2 heterocycles. The lowest BCUT2D eigenvalue weighted by atomic mass is 10.1. The van der Waals surface area contributed by atoms with Crippen molar-refractivity contribution in [3.8, 4) is 5.75 Å². The van der Waals surface area contributed by atoms with Crippen LogP contribution in [0.5, 0.6) is 5.75 Å². The zero-order valence-electron chi connectivity index (χ0n) is 15.7. The fourth-order valence-electron chi connectivity index (χ4n) is 2.84. The van der Waals surface area contributed by atoms with E-state index in [1.807, 2.05) is 31.2 Å². The molecule has 0 saturated carbocycles. The molecule has 6 nitrogen and oxygen atoms in total. The number of hydrogen-bond acceptors (Lipinski definition) is 6. The summed E-state index contributed by atoms with van der Waals surface area (Å²) >= 11 is 1.58. The smallest absolute Gasteiger partial charge is 0.244 e. The summed E-state index contributed by atoms with van der Waals surface area (Å²) in [6, 6.07) is 7.65. The standard InChI is InChI=1S/C20H25N3O3S/c1-15(16-3-5-18(25-2)6-4-16)11-19(24)21-12-20-22-17(14-27-20)13-23-7-9-26-10-8-23/h3-6,11,14H,7-10,12-13H2,1-2H3,(H,21,24)/b15-11+. The highest BCUT2D eigenvalue weighted by molar-refractivity contribution is 7.09. The van der Waals surface area contributed by atoms with Crippen molar-refractivity contribution in [3.63, 3.8) is 0 Å². The second-order valence-electron chi connectivity index (χ2n) is 6.39. The molecule has 1 saturated heterocycles. The van der Waals surface area contributed by atoms with E-state index in [9.17, 15) is 4.79 Å². The summed E-state index contributed by atoms with van der Waals surface area (Å²) in [5, 5.41) is 5.90. The molecule has 0 aliphatic carbocycles. The lowest BCUT2D eigenvalue weighted by Gasteiger charge is -2.25. The molecule has 0 spiro atoms. The number of carbonyl (C=O) groups excluding carboxylic acids is 1. The van der Waals surface area contributed by atoms with E-state index in [-0.39, 0.29) is 5.91 Å². The molecule has 2 aromatic rings. The zero-order chi connectivity index (χ0) is 19.1. The summed E-state index contributed by atoms with van der Waals surface area (Å²) < 4.78 is 10.5. The van der Waals surface area contributed by atoms with E-state index in [0.29, 0.717) is 6.54 Å². The van der Waals surface area contributed by atoms with Crippen molar-refractivity contribution in [3.05, 3.63) is 52.0 Å². The molecule has 1 aliphatic heterocycles. The second-order valence-corrected chi connectivity index (χ2v) is 7.34. The van der Waals surface area contributed by atoms with Gasteiger partial charge < -0.3 is 14.8 Å². The normalized spacial score (nSPS) is 15.6. The van der Waals surface area contributed by atoms with Crippen molar-refractivity contribution in [2.24, 2.45) is 0 Å². The number of rotatable bonds is 7. The van der Waals surface area contributed by atoms with Crippen LogP contribution in [0.15, 0.2) is 35.7 Å². The maximum absolute atomic E-state index is 12.2. The van der Waals surface area contributed by atoms with Crippen molar-refractivity contribution >= 4 is 22.8 Å². The molecule has 144 valence electrons. The average molecular weight is 388 g/mol. The van der Waals surface area contributed by atoms with Crippen molar-refractivity contribution in [1.82, 2.24) is 15.2 Å². The number of morpholine rings is 1. The van der Waals surface area contributed by atoms with Gasteiger partial charge in [-0.05, 0) is 30.2 Å². The van der Waals surface area contributed by atoms with Crippen LogP contribution in [0, 0.1) is 0 Å². The Hall–Kier alpha value is -2.22. The van der Waals surface area contributed by atoms with E-state index in [1.54, 1.807) is 24.5 Å². The van der Waals surface area contributed by atoms with Gasteiger partial charge in [0, 0.05) is 31.1 Å². The molecule has 1 amide bonds. The second kappa shape index (κ2) is 9.64. The molecule has 0 radical (unpaired) electrons. The molecule has 0 atom stereocenters. The number of thiazole rings is 1. The minimum absolute atomic E-state index is 0.117. The number of methoxy groups -OCH3 is 1. The van der Waals surface area contributed by atoms with E-state index >= 15 is 0 Å². The van der Waals surface area contributed by atoms with Gasteiger partial charge in [-0.1, -0.05) is 12.1 Å². The van der Waals surface area contributed by atoms with E-state index in [2.05, 4.69) is 20.6 Å². The number of hydrogen-bond donors (Lipinski definition) is 1. The largest absolute Gasteiger partial charge is 0.497 e. The molecule has 27 heavy (non-hydrogen) atoms. The van der Waals surface area contributed by atoms with Crippen LogP contribution in [0.2, 0.25) is 0 Å². The van der Waals surface area contributed by atoms with Crippen LogP contribution in [0.3, 0.4) is 0 Å². The topological polar surface area (TPSA) is 63.7 Å². The number of benzene rings is 1. The van der Waals surface area contributed by atoms with Gasteiger partial charge in [-0.2, -0.15) is 0 Å². The zero-order valence-corrected chi connectivity index (χ0v) is 16.6. The van der Waals surface area contributed by atoms with Gasteiger partial charge in [0.05, 0.1) is 32.6 Å². The summed E-state index contributed by atoms with van der Waals surface area (Å²) in [5.74, 6) is 0.681. The summed E-state index contributed by atoms with van der Waals surface area (Å²) in [6.45, 7) is 6.66. The molecule has 1 fully saturated rings. The molecule has 1 aromatic heterocycles. The van der Waals surface area contributed by atoms with Crippen molar-refractivity contribution in [1.29, 1.82) is 0 Å². The Morgan fingerprint density at radius 2 is 2.07 bits per heavy atom. The van der Waals surface area contributed by atoms with Crippen LogP contribution >= 0.6 is 11.3 Å². The van der Waals surface area contributed by atoms with Gasteiger partial charge in [-0.25, -0.2) is 4.98 Å². The van der Waals surface area contributed by atoms with E-state index in [1.165, 1.54) is 0 Å². The maximum atomic E-state index is 12.2. The molecular weight excluding hydrogens is 362 g/mol. The van der Waals surface area contributed by atoms with E-state index in [4.69, 9.17) is 9.47 Å². The Morgan fingerprint density at radius 3 is 2.78 bits per heavy atom.